The van der Waals surface area contributed by atoms with E-state index in [9.17, 15) is 33.9 Å². The van der Waals surface area contributed by atoms with E-state index < -0.39 is 53.9 Å². The van der Waals surface area contributed by atoms with Gasteiger partial charge in [0.05, 0.1) is 0 Å². The molecule has 2 aromatic rings. The molecule has 0 aliphatic carbocycles. The summed E-state index contributed by atoms with van der Waals surface area (Å²) >= 11 is 0. The lowest BCUT2D eigenvalue weighted by atomic mass is 10.0. The van der Waals surface area contributed by atoms with Crippen molar-refractivity contribution in [2.75, 3.05) is 13.1 Å². The first-order valence-electron chi connectivity index (χ1n) is 14.4. The number of nitrogens with one attached hydrogen (secondary N) is 4. The lowest BCUT2D eigenvalue weighted by molar-refractivity contribution is -0.149. The molecule has 5 rings (SSSR count). The maximum absolute atomic E-state index is 13.6. The first-order valence-corrected chi connectivity index (χ1v) is 14.4. The molecule has 0 saturated carbocycles. The van der Waals surface area contributed by atoms with Gasteiger partial charge in [-0.1, -0.05) is 18.2 Å². The van der Waals surface area contributed by atoms with Crippen LogP contribution in [0.25, 0.3) is 10.9 Å². The molecule has 0 radical (unpaired) electrons. The van der Waals surface area contributed by atoms with Crippen LogP contribution in [0.3, 0.4) is 0 Å². The summed E-state index contributed by atoms with van der Waals surface area (Å²) in [6.45, 7) is 2.16. The molecule has 42 heavy (non-hydrogen) atoms. The topological polar surface area (TPSA) is 181 Å². The molecule has 3 aliphatic rings. The van der Waals surface area contributed by atoms with Crippen molar-refractivity contribution in [2.45, 2.75) is 82.1 Å². The zero-order valence-electron chi connectivity index (χ0n) is 23.4. The first-order chi connectivity index (χ1) is 20.1. The number of hydrogen-bond donors (Lipinski definition) is 5. The second kappa shape index (κ2) is 12.2. The highest BCUT2D eigenvalue weighted by Crippen LogP contribution is 2.23. The average Bonchev–Trinajstić information content (AvgIpc) is 3.78. The normalized spacial score (nSPS) is 23.5. The molecular weight excluding hydrogens is 544 g/mol. The molecule has 224 valence electrons. The summed E-state index contributed by atoms with van der Waals surface area (Å²) in [5, 5.41) is 18.5. The molecule has 5 N–H and O–H groups in total. The predicted molar refractivity (Wildman–Crippen MR) is 150 cm³/mol. The van der Waals surface area contributed by atoms with Crippen LogP contribution in [-0.2, 0) is 35.2 Å². The van der Waals surface area contributed by atoms with Crippen LogP contribution in [-0.4, -0.2) is 98.7 Å². The summed E-state index contributed by atoms with van der Waals surface area (Å²) in [6, 6.07) is 3.05. The van der Waals surface area contributed by atoms with Gasteiger partial charge in [0.2, 0.25) is 29.5 Å². The lowest BCUT2D eigenvalue weighted by Crippen LogP contribution is -2.58. The minimum Gasteiger partial charge on any atom is -0.480 e. The molecule has 3 fully saturated rings. The fraction of sp³-hybridized carbons (Fsp3) is 0.517. The number of benzene rings is 1. The highest BCUT2D eigenvalue weighted by atomic mass is 16.4. The highest BCUT2D eigenvalue weighted by molar-refractivity contribution is 5.97. The number of carboxylic acid groups (broad SMARTS) is 1. The lowest BCUT2D eigenvalue weighted by Gasteiger charge is -2.29. The number of fused-ring (bicyclic) bond motifs is 1. The summed E-state index contributed by atoms with van der Waals surface area (Å²) in [4.78, 5) is 82.5. The second-order valence-corrected chi connectivity index (χ2v) is 11.2. The summed E-state index contributed by atoms with van der Waals surface area (Å²) in [5.41, 5.74) is 1.64. The number of amides is 5. The SMILES string of the molecule is C[C@H](NC(=O)[C@H](Cc1c[nH]c2ccccc12)NC(=O)[C@@H]1CCCN1C(=O)[C@@H]1CCC(=O)N1)C(=O)N1CCC[C@H]1C(=O)O. The maximum Gasteiger partial charge on any atom is 0.326 e. The van der Waals surface area contributed by atoms with Gasteiger partial charge >= 0.3 is 5.97 Å². The van der Waals surface area contributed by atoms with Crippen molar-refractivity contribution in [1.29, 1.82) is 0 Å². The smallest absolute Gasteiger partial charge is 0.326 e. The molecule has 13 nitrogen and oxygen atoms in total. The Balaban J connectivity index is 1.32. The third-order valence-electron chi connectivity index (χ3n) is 8.41. The number of carboxylic acids is 1. The van der Waals surface area contributed by atoms with Crippen molar-refractivity contribution >= 4 is 46.4 Å². The van der Waals surface area contributed by atoms with E-state index in [4.69, 9.17) is 0 Å². The van der Waals surface area contributed by atoms with Crippen LogP contribution < -0.4 is 16.0 Å². The van der Waals surface area contributed by atoms with Gasteiger partial charge in [-0.2, -0.15) is 0 Å². The van der Waals surface area contributed by atoms with E-state index in [-0.39, 0.29) is 24.7 Å². The van der Waals surface area contributed by atoms with E-state index in [0.717, 1.165) is 16.5 Å². The quantitative estimate of drug-likeness (QED) is 0.278. The van der Waals surface area contributed by atoms with Gasteiger partial charge in [0, 0.05) is 43.0 Å². The number of likely N-dealkylation sites (tertiary alicyclic amines) is 2. The Morgan fingerprint density at radius 1 is 1.00 bits per heavy atom. The standard InChI is InChI=1S/C29H36N6O7/c1-16(27(39)35-13-5-9-23(35)29(41)42)31-25(37)21(14-17-15-30-19-7-3-2-6-18(17)19)33-26(38)22-8-4-12-34(22)28(40)20-10-11-24(36)32-20/h2-3,6-7,15-16,20-23,30H,4-5,8-14H2,1H3,(H,31,37)(H,32,36)(H,33,38)(H,41,42)/t16-,20-,21-,22-,23-/m0/s1. The van der Waals surface area contributed by atoms with Crippen LogP contribution >= 0.6 is 0 Å². The average molecular weight is 581 g/mol. The number of aliphatic carboxylic acids is 1. The number of para-hydroxylation sites is 1. The summed E-state index contributed by atoms with van der Waals surface area (Å²) in [7, 11) is 0. The number of rotatable bonds is 9. The number of carbonyl (C=O) groups is 6. The van der Waals surface area contributed by atoms with E-state index >= 15 is 0 Å². The van der Waals surface area contributed by atoms with Crippen molar-refractivity contribution in [3.05, 3.63) is 36.0 Å². The summed E-state index contributed by atoms with van der Waals surface area (Å²) in [6.07, 6.45) is 4.45. The van der Waals surface area contributed by atoms with Gasteiger partial charge < -0.3 is 35.8 Å². The van der Waals surface area contributed by atoms with Gasteiger partial charge in [0.25, 0.3) is 0 Å². The molecule has 3 aliphatic heterocycles. The number of aromatic amines is 1. The monoisotopic (exact) mass is 580 g/mol. The van der Waals surface area contributed by atoms with Crippen molar-refractivity contribution in [2.24, 2.45) is 0 Å². The van der Waals surface area contributed by atoms with E-state index in [1.807, 2.05) is 24.3 Å². The number of hydrogen-bond acceptors (Lipinski definition) is 6. The molecular formula is C29H36N6O7. The zero-order valence-corrected chi connectivity index (χ0v) is 23.4. The molecule has 13 heteroatoms. The van der Waals surface area contributed by atoms with Gasteiger partial charge in [-0.15, -0.1) is 0 Å². The molecule has 1 aromatic heterocycles. The van der Waals surface area contributed by atoms with Crippen LogP contribution in [0.5, 0.6) is 0 Å². The van der Waals surface area contributed by atoms with Crippen molar-refractivity contribution in [3.63, 3.8) is 0 Å². The van der Waals surface area contributed by atoms with Gasteiger partial charge in [-0.3, -0.25) is 24.0 Å². The minimum atomic E-state index is -1.09. The molecule has 3 saturated heterocycles. The molecule has 4 heterocycles. The number of H-pyrrole nitrogens is 1. The van der Waals surface area contributed by atoms with E-state index in [2.05, 4.69) is 20.9 Å². The van der Waals surface area contributed by atoms with Gasteiger partial charge in [0.15, 0.2) is 0 Å². The summed E-state index contributed by atoms with van der Waals surface area (Å²) in [5.74, 6) is -3.19. The molecule has 0 unspecified atom stereocenters. The van der Waals surface area contributed by atoms with Crippen LogP contribution in [0.2, 0.25) is 0 Å². The van der Waals surface area contributed by atoms with Gasteiger partial charge in [0.1, 0.15) is 30.2 Å². The summed E-state index contributed by atoms with van der Waals surface area (Å²) < 4.78 is 0. The Kier molecular flexibility index (Phi) is 8.46. The first kappa shape index (κ1) is 29.1. The van der Waals surface area contributed by atoms with Crippen molar-refractivity contribution in [3.8, 4) is 0 Å². The van der Waals surface area contributed by atoms with Gasteiger partial charge in [-0.05, 0) is 50.7 Å². The fourth-order valence-corrected chi connectivity index (χ4v) is 6.21. The third-order valence-corrected chi connectivity index (χ3v) is 8.41. The second-order valence-electron chi connectivity index (χ2n) is 11.2. The molecule has 5 atom stereocenters. The predicted octanol–water partition coefficient (Wildman–Crippen LogP) is 0.0451. The van der Waals surface area contributed by atoms with Crippen LogP contribution in [0.4, 0.5) is 0 Å². The Hall–Kier alpha value is -4.42. The van der Waals surface area contributed by atoms with Crippen molar-refractivity contribution in [1.82, 2.24) is 30.7 Å². The fourth-order valence-electron chi connectivity index (χ4n) is 6.21. The van der Waals surface area contributed by atoms with Gasteiger partial charge in [-0.25, -0.2) is 4.79 Å². The highest BCUT2D eigenvalue weighted by Gasteiger charge is 2.41. The Morgan fingerprint density at radius 2 is 1.71 bits per heavy atom. The molecule has 0 spiro atoms. The third kappa shape index (κ3) is 5.95. The molecule has 5 amide bonds. The van der Waals surface area contributed by atoms with E-state index in [1.54, 1.807) is 6.20 Å². The number of nitrogens with zero attached hydrogens (tertiary/aromatic N) is 2. The Morgan fingerprint density at radius 3 is 2.43 bits per heavy atom. The van der Waals surface area contributed by atoms with Crippen LogP contribution in [0.15, 0.2) is 30.5 Å². The number of aromatic nitrogens is 1. The zero-order chi connectivity index (χ0) is 30.0. The van der Waals surface area contributed by atoms with E-state index in [0.29, 0.717) is 45.2 Å². The molecule has 1 aromatic carbocycles. The Labute approximate surface area is 242 Å². The van der Waals surface area contributed by atoms with Crippen LogP contribution in [0, 0.1) is 0 Å². The van der Waals surface area contributed by atoms with E-state index in [1.165, 1.54) is 16.7 Å². The largest absolute Gasteiger partial charge is 0.480 e. The van der Waals surface area contributed by atoms with Crippen LogP contribution in [0.1, 0.15) is 51.0 Å². The minimum absolute atomic E-state index is 0.114. The number of carbonyl (C=O) groups excluding carboxylic acids is 5. The Bertz CT molecular complexity index is 1410. The van der Waals surface area contributed by atoms with Crippen molar-refractivity contribution < 1.29 is 33.9 Å². The maximum atomic E-state index is 13.6. The molecule has 0 bridgehead atoms.